The van der Waals surface area contributed by atoms with Crippen molar-refractivity contribution in [2.24, 2.45) is 0 Å². The number of nitrogens with zero attached hydrogens (tertiary/aromatic N) is 2. The largest absolute Gasteiger partial charge is 0.497 e. The zero-order valence-electron chi connectivity index (χ0n) is 15.1. The van der Waals surface area contributed by atoms with E-state index in [2.05, 4.69) is 15.5 Å². The monoisotopic (exact) mass is 351 g/mol. The molecule has 0 saturated heterocycles. The van der Waals surface area contributed by atoms with Gasteiger partial charge in [-0.3, -0.25) is 4.79 Å². The highest BCUT2D eigenvalue weighted by Crippen LogP contribution is 2.21. The molecule has 1 N–H and O–H groups in total. The molecule has 0 aliphatic heterocycles. The molecule has 0 saturated carbocycles. The van der Waals surface area contributed by atoms with Gasteiger partial charge in [-0.2, -0.15) is 4.98 Å². The van der Waals surface area contributed by atoms with Crippen molar-refractivity contribution in [1.82, 2.24) is 10.1 Å². The Bertz CT molecular complexity index is 881. The zero-order chi connectivity index (χ0) is 18.5. The first-order chi connectivity index (χ1) is 12.6. The van der Waals surface area contributed by atoms with Crippen LogP contribution in [0.5, 0.6) is 5.75 Å². The number of rotatable bonds is 6. The summed E-state index contributed by atoms with van der Waals surface area (Å²) in [7, 11) is 1.62. The maximum Gasteiger partial charge on any atom is 0.227 e. The van der Waals surface area contributed by atoms with Gasteiger partial charge >= 0.3 is 0 Å². The van der Waals surface area contributed by atoms with Gasteiger partial charge in [0.25, 0.3) is 0 Å². The number of aryl methyl sites for hydroxylation is 3. The van der Waals surface area contributed by atoms with E-state index in [9.17, 15) is 4.79 Å². The SMILES string of the molecule is COc1ccc(-c2noc(CCC(=O)Nc3c(C)cccc3C)n2)cc1. The molecule has 0 bridgehead atoms. The van der Waals surface area contributed by atoms with Crippen LogP contribution in [0.3, 0.4) is 0 Å². The fourth-order valence-electron chi connectivity index (χ4n) is 2.65. The highest BCUT2D eigenvalue weighted by atomic mass is 16.5. The number of anilines is 1. The van der Waals surface area contributed by atoms with Crippen molar-refractivity contribution in [3.63, 3.8) is 0 Å². The van der Waals surface area contributed by atoms with E-state index < -0.39 is 0 Å². The summed E-state index contributed by atoms with van der Waals surface area (Å²) in [6.45, 7) is 3.95. The molecule has 0 aliphatic carbocycles. The minimum Gasteiger partial charge on any atom is -0.497 e. The van der Waals surface area contributed by atoms with Crippen LogP contribution in [0.1, 0.15) is 23.4 Å². The molecule has 2 aromatic carbocycles. The third-order valence-corrected chi connectivity index (χ3v) is 4.13. The van der Waals surface area contributed by atoms with Gasteiger partial charge in [0, 0.05) is 24.1 Å². The molecule has 134 valence electrons. The molecule has 0 spiro atoms. The van der Waals surface area contributed by atoms with E-state index in [0.29, 0.717) is 18.1 Å². The number of ether oxygens (including phenoxy) is 1. The normalized spacial score (nSPS) is 10.6. The van der Waals surface area contributed by atoms with Gasteiger partial charge in [0.2, 0.25) is 17.6 Å². The Morgan fingerprint density at radius 1 is 1.12 bits per heavy atom. The Morgan fingerprint density at radius 2 is 1.81 bits per heavy atom. The van der Waals surface area contributed by atoms with Crippen LogP contribution >= 0.6 is 0 Å². The van der Waals surface area contributed by atoms with Gasteiger partial charge < -0.3 is 14.6 Å². The van der Waals surface area contributed by atoms with Crippen LogP contribution in [0.2, 0.25) is 0 Å². The lowest BCUT2D eigenvalue weighted by molar-refractivity contribution is -0.116. The van der Waals surface area contributed by atoms with Crippen molar-refractivity contribution in [1.29, 1.82) is 0 Å². The predicted octanol–water partition coefficient (Wildman–Crippen LogP) is 3.93. The maximum atomic E-state index is 12.2. The zero-order valence-corrected chi connectivity index (χ0v) is 15.1. The lowest BCUT2D eigenvalue weighted by Crippen LogP contribution is -2.14. The number of benzene rings is 2. The summed E-state index contributed by atoms with van der Waals surface area (Å²) in [5.74, 6) is 1.62. The quantitative estimate of drug-likeness (QED) is 0.728. The minimum absolute atomic E-state index is 0.0772. The summed E-state index contributed by atoms with van der Waals surface area (Å²) in [5.41, 5.74) is 3.78. The molecule has 6 heteroatoms. The fourth-order valence-corrected chi connectivity index (χ4v) is 2.65. The summed E-state index contributed by atoms with van der Waals surface area (Å²) >= 11 is 0. The number of hydrogen-bond acceptors (Lipinski definition) is 5. The lowest BCUT2D eigenvalue weighted by Gasteiger charge is -2.10. The number of nitrogens with one attached hydrogen (secondary N) is 1. The van der Waals surface area contributed by atoms with Crippen molar-refractivity contribution in [3.8, 4) is 17.1 Å². The Labute approximate surface area is 152 Å². The molecule has 6 nitrogen and oxygen atoms in total. The number of para-hydroxylation sites is 1. The average Bonchev–Trinajstić information content (AvgIpc) is 3.12. The van der Waals surface area contributed by atoms with Gasteiger partial charge in [-0.25, -0.2) is 0 Å². The number of amides is 1. The Morgan fingerprint density at radius 3 is 2.46 bits per heavy atom. The standard InChI is InChI=1S/C20H21N3O3/c1-13-5-4-6-14(2)19(13)21-17(24)11-12-18-22-20(23-26-18)15-7-9-16(25-3)10-8-15/h4-10H,11-12H2,1-3H3,(H,21,24). The molecule has 1 heterocycles. The van der Waals surface area contributed by atoms with E-state index in [1.54, 1.807) is 7.11 Å². The Hall–Kier alpha value is -3.15. The number of aromatic nitrogens is 2. The third-order valence-electron chi connectivity index (χ3n) is 4.13. The second-order valence-corrected chi connectivity index (χ2v) is 6.06. The van der Waals surface area contributed by atoms with Gasteiger partial charge in [0.1, 0.15) is 5.75 Å². The molecule has 1 aromatic heterocycles. The Balaban J connectivity index is 1.60. The molecular weight excluding hydrogens is 330 g/mol. The van der Waals surface area contributed by atoms with Gasteiger partial charge in [-0.1, -0.05) is 23.4 Å². The fraction of sp³-hybridized carbons (Fsp3) is 0.250. The average molecular weight is 351 g/mol. The van der Waals surface area contributed by atoms with Crippen LogP contribution in [0.15, 0.2) is 47.0 Å². The van der Waals surface area contributed by atoms with Crippen LogP contribution < -0.4 is 10.1 Å². The number of carbonyl (C=O) groups is 1. The summed E-state index contributed by atoms with van der Waals surface area (Å²) in [4.78, 5) is 16.6. The molecule has 0 unspecified atom stereocenters. The van der Waals surface area contributed by atoms with Crippen molar-refractivity contribution in [2.75, 3.05) is 12.4 Å². The smallest absolute Gasteiger partial charge is 0.227 e. The van der Waals surface area contributed by atoms with Crippen molar-refractivity contribution in [3.05, 3.63) is 59.5 Å². The van der Waals surface area contributed by atoms with Crippen LogP contribution in [0, 0.1) is 13.8 Å². The highest BCUT2D eigenvalue weighted by Gasteiger charge is 2.12. The minimum atomic E-state index is -0.0772. The van der Waals surface area contributed by atoms with Crippen molar-refractivity contribution in [2.45, 2.75) is 26.7 Å². The van der Waals surface area contributed by atoms with Crippen LogP contribution in [0.4, 0.5) is 5.69 Å². The van der Waals surface area contributed by atoms with Crippen molar-refractivity contribution < 1.29 is 14.1 Å². The number of hydrogen-bond donors (Lipinski definition) is 1. The number of carbonyl (C=O) groups excluding carboxylic acids is 1. The summed E-state index contributed by atoms with van der Waals surface area (Å²) in [5, 5.41) is 6.93. The molecule has 26 heavy (non-hydrogen) atoms. The first-order valence-corrected chi connectivity index (χ1v) is 8.40. The van der Waals surface area contributed by atoms with E-state index in [1.807, 2.05) is 56.3 Å². The van der Waals surface area contributed by atoms with Gasteiger partial charge in [0.15, 0.2) is 0 Å². The Kier molecular flexibility index (Phi) is 5.31. The van der Waals surface area contributed by atoms with E-state index in [0.717, 1.165) is 28.1 Å². The molecule has 3 rings (SSSR count). The van der Waals surface area contributed by atoms with Crippen LogP contribution in [-0.2, 0) is 11.2 Å². The van der Waals surface area contributed by atoms with E-state index in [4.69, 9.17) is 9.26 Å². The highest BCUT2D eigenvalue weighted by molar-refractivity contribution is 5.92. The molecule has 0 radical (unpaired) electrons. The van der Waals surface area contributed by atoms with E-state index in [-0.39, 0.29) is 12.3 Å². The second kappa shape index (κ2) is 7.82. The van der Waals surface area contributed by atoms with Crippen molar-refractivity contribution >= 4 is 11.6 Å². The maximum absolute atomic E-state index is 12.2. The molecule has 0 aliphatic rings. The van der Waals surface area contributed by atoms with Gasteiger partial charge in [-0.15, -0.1) is 0 Å². The lowest BCUT2D eigenvalue weighted by atomic mass is 10.1. The van der Waals surface area contributed by atoms with Gasteiger partial charge in [-0.05, 0) is 49.2 Å². The predicted molar refractivity (Wildman–Crippen MR) is 99.2 cm³/mol. The van der Waals surface area contributed by atoms with E-state index in [1.165, 1.54) is 0 Å². The first kappa shape index (κ1) is 17.7. The first-order valence-electron chi connectivity index (χ1n) is 8.40. The number of methoxy groups -OCH3 is 1. The summed E-state index contributed by atoms with van der Waals surface area (Å²) in [6.07, 6.45) is 0.665. The third kappa shape index (κ3) is 4.08. The molecule has 0 fully saturated rings. The van der Waals surface area contributed by atoms with E-state index >= 15 is 0 Å². The van der Waals surface area contributed by atoms with Gasteiger partial charge in [0.05, 0.1) is 7.11 Å². The van der Waals surface area contributed by atoms with Crippen LogP contribution in [-0.4, -0.2) is 23.2 Å². The molecular formula is C20H21N3O3. The van der Waals surface area contributed by atoms with Crippen LogP contribution in [0.25, 0.3) is 11.4 Å². The topological polar surface area (TPSA) is 77.2 Å². The summed E-state index contributed by atoms with van der Waals surface area (Å²) in [6, 6.07) is 13.3. The molecule has 3 aromatic rings. The molecule has 0 atom stereocenters. The second-order valence-electron chi connectivity index (χ2n) is 6.06. The summed E-state index contributed by atoms with van der Waals surface area (Å²) < 4.78 is 10.4. The molecule has 1 amide bonds.